The lowest BCUT2D eigenvalue weighted by Gasteiger charge is -2.10. The van der Waals surface area contributed by atoms with Crippen LogP contribution >= 0.6 is 0 Å². The van der Waals surface area contributed by atoms with E-state index in [-0.39, 0.29) is 0 Å². The minimum atomic E-state index is -3.43. The van der Waals surface area contributed by atoms with Crippen LogP contribution < -0.4 is 4.72 Å². The van der Waals surface area contributed by atoms with E-state index in [1.54, 1.807) is 25.5 Å². The van der Waals surface area contributed by atoms with Crippen molar-refractivity contribution >= 4 is 10.0 Å². The van der Waals surface area contributed by atoms with Gasteiger partial charge in [0.1, 0.15) is 0 Å². The van der Waals surface area contributed by atoms with Crippen LogP contribution in [0.15, 0.2) is 41.8 Å². The fourth-order valence-corrected chi connectivity index (χ4v) is 3.36. The highest BCUT2D eigenvalue weighted by Gasteiger charge is 2.15. The van der Waals surface area contributed by atoms with Crippen LogP contribution in [0, 0.1) is 13.8 Å². The Morgan fingerprint density at radius 3 is 2.80 bits per heavy atom. The molecular formula is C14H19N3O2S. The van der Waals surface area contributed by atoms with Crippen molar-refractivity contribution in [1.82, 2.24) is 14.3 Å². The summed E-state index contributed by atoms with van der Waals surface area (Å²) in [4.78, 5) is 4.30. The summed E-state index contributed by atoms with van der Waals surface area (Å²) in [6.45, 7) is 4.85. The predicted molar refractivity (Wildman–Crippen MR) is 77.9 cm³/mol. The molecule has 5 nitrogen and oxygen atoms in total. The molecule has 2 aromatic rings. The smallest absolute Gasteiger partial charge is 0.240 e. The number of hydrogen-bond acceptors (Lipinski definition) is 3. The quantitative estimate of drug-likeness (QED) is 0.827. The van der Waals surface area contributed by atoms with E-state index in [0.717, 1.165) is 24.1 Å². The van der Waals surface area contributed by atoms with Gasteiger partial charge in [-0.05, 0) is 37.5 Å². The Hall–Kier alpha value is -1.66. The topological polar surface area (TPSA) is 64.0 Å². The molecule has 0 bridgehead atoms. The first-order valence-electron chi connectivity index (χ1n) is 6.52. The third-order valence-corrected chi connectivity index (χ3v) is 4.68. The Balaban J connectivity index is 1.95. The number of aryl methyl sites for hydroxylation is 3. The molecule has 1 aromatic heterocycles. The maximum absolute atomic E-state index is 12.2. The molecule has 0 spiro atoms. The van der Waals surface area contributed by atoms with Gasteiger partial charge in [0.05, 0.1) is 11.2 Å². The lowest BCUT2D eigenvalue weighted by molar-refractivity contribution is 0.569. The highest BCUT2D eigenvalue weighted by molar-refractivity contribution is 7.89. The summed E-state index contributed by atoms with van der Waals surface area (Å²) in [5.41, 5.74) is 1.70. The van der Waals surface area contributed by atoms with E-state index in [9.17, 15) is 8.42 Å². The van der Waals surface area contributed by atoms with E-state index in [1.165, 1.54) is 0 Å². The fraction of sp³-hybridized carbons (Fsp3) is 0.357. The molecule has 0 fully saturated rings. The molecule has 0 unspecified atom stereocenters. The third kappa shape index (κ3) is 3.68. The number of rotatable bonds is 6. The van der Waals surface area contributed by atoms with E-state index >= 15 is 0 Å². The first-order chi connectivity index (χ1) is 9.49. The Kier molecular flexibility index (Phi) is 4.57. The fourth-order valence-electron chi connectivity index (χ4n) is 1.96. The van der Waals surface area contributed by atoms with Crippen molar-refractivity contribution in [1.29, 1.82) is 0 Å². The van der Waals surface area contributed by atoms with Crippen LogP contribution in [-0.2, 0) is 16.6 Å². The molecule has 0 aliphatic rings. The summed E-state index contributed by atoms with van der Waals surface area (Å²) < 4.78 is 29.0. The van der Waals surface area contributed by atoms with E-state index in [1.807, 2.05) is 29.8 Å². The van der Waals surface area contributed by atoms with Gasteiger partial charge in [0.25, 0.3) is 0 Å². The molecular weight excluding hydrogens is 274 g/mol. The van der Waals surface area contributed by atoms with Crippen LogP contribution in [-0.4, -0.2) is 24.5 Å². The highest BCUT2D eigenvalue weighted by atomic mass is 32.2. The number of imidazole rings is 1. The van der Waals surface area contributed by atoms with Gasteiger partial charge < -0.3 is 4.57 Å². The van der Waals surface area contributed by atoms with Crippen molar-refractivity contribution in [3.05, 3.63) is 48.0 Å². The van der Waals surface area contributed by atoms with Crippen LogP contribution in [0.2, 0.25) is 0 Å². The van der Waals surface area contributed by atoms with Gasteiger partial charge in [0, 0.05) is 25.5 Å². The van der Waals surface area contributed by atoms with E-state index < -0.39 is 10.0 Å². The minimum Gasteiger partial charge on any atom is -0.337 e. The zero-order valence-corrected chi connectivity index (χ0v) is 12.5. The third-order valence-electron chi connectivity index (χ3n) is 3.08. The maximum atomic E-state index is 12.2. The molecule has 0 amide bonds. The Labute approximate surface area is 119 Å². The van der Waals surface area contributed by atoms with Gasteiger partial charge in [0.15, 0.2) is 0 Å². The summed E-state index contributed by atoms with van der Waals surface area (Å²) in [5, 5.41) is 0. The lowest BCUT2D eigenvalue weighted by Crippen LogP contribution is -2.26. The number of nitrogens with one attached hydrogen (secondary N) is 1. The van der Waals surface area contributed by atoms with Crippen LogP contribution in [0.4, 0.5) is 0 Å². The van der Waals surface area contributed by atoms with Crippen LogP contribution in [0.5, 0.6) is 0 Å². The van der Waals surface area contributed by atoms with Gasteiger partial charge in [-0.1, -0.05) is 12.1 Å². The number of nitrogens with zero attached hydrogens (tertiary/aromatic N) is 2. The average molecular weight is 293 g/mol. The molecule has 6 heteroatoms. The molecule has 0 atom stereocenters. The van der Waals surface area contributed by atoms with Crippen molar-refractivity contribution in [3.8, 4) is 0 Å². The molecule has 0 aliphatic carbocycles. The Bertz CT molecular complexity index is 664. The first-order valence-corrected chi connectivity index (χ1v) is 8.00. The minimum absolute atomic E-state index is 0.361. The molecule has 1 N–H and O–H groups in total. The molecule has 0 saturated heterocycles. The standard InChI is InChI=1S/C14H19N3O2S/c1-12-4-5-13(2)14(10-12)20(18,19)16-6-3-8-17-9-7-15-11-17/h4-5,7,9-11,16H,3,6,8H2,1-2H3. The number of sulfonamides is 1. The Morgan fingerprint density at radius 1 is 1.30 bits per heavy atom. The van der Waals surface area contributed by atoms with E-state index in [0.29, 0.717) is 11.4 Å². The molecule has 1 heterocycles. The number of aromatic nitrogens is 2. The largest absolute Gasteiger partial charge is 0.337 e. The van der Waals surface area contributed by atoms with Gasteiger partial charge in [-0.25, -0.2) is 18.1 Å². The maximum Gasteiger partial charge on any atom is 0.240 e. The highest BCUT2D eigenvalue weighted by Crippen LogP contribution is 2.16. The molecule has 1 aromatic carbocycles. The van der Waals surface area contributed by atoms with Gasteiger partial charge in [-0.3, -0.25) is 0 Å². The number of benzene rings is 1. The van der Waals surface area contributed by atoms with Gasteiger partial charge >= 0.3 is 0 Å². The molecule has 0 saturated carbocycles. The second-order valence-corrected chi connectivity index (χ2v) is 6.56. The van der Waals surface area contributed by atoms with Crippen LogP contribution in [0.1, 0.15) is 17.5 Å². The first kappa shape index (κ1) is 14.7. The van der Waals surface area contributed by atoms with Crippen molar-refractivity contribution < 1.29 is 8.42 Å². The molecule has 2 rings (SSSR count). The number of hydrogen-bond donors (Lipinski definition) is 1. The molecule has 0 aliphatic heterocycles. The van der Waals surface area contributed by atoms with Crippen LogP contribution in [0.25, 0.3) is 0 Å². The Morgan fingerprint density at radius 2 is 2.10 bits per heavy atom. The monoisotopic (exact) mass is 293 g/mol. The van der Waals surface area contributed by atoms with Gasteiger partial charge in [-0.15, -0.1) is 0 Å². The second kappa shape index (κ2) is 6.19. The molecule has 20 heavy (non-hydrogen) atoms. The second-order valence-electron chi connectivity index (χ2n) is 4.82. The average Bonchev–Trinajstić information content (AvgIpc) is 2.90. The van der Waals surface area contributed by atoms with Crippen molar-refractivity contribution in [2.75, 3.05) is 6.54 Å². The SMILES string of the molecule is Cc1ccc(C)c(S(=O)(=O)NCCCn2ccnc2)c1. The zero-order chi connectivity index (χ0) is 14.6. The van der Waals surface area contributed by atoms with Crippen molar-refractivity contribution in [2.24, 2.45) is 0 Å². The van der Waals surface area contributed by atoms with Gasteiger partial charge in [-0.2, -0.15) is 0 Å². The summed E-state index contributed by atoms with van der Waals surface area (Å²) in [6.07, 6.45) is 6.01. The van der Waals surface area contributed by atoms with Crippen LogP contribution in [0.3, 0.4) is 0 Å². The summed E-state index contributed by atoms with van der Waals surface area (Å²) in [5.74, 6) is 0. The van der Waals surface area contributed by atoms with E-state index in [4.69, 9.17) is 0 Å². The lowest BCUT2D eigenvalue weighted by atomic mass is 10.2. The zero-order valence-electron chi connectivity index (χ0n) is 11.7. The molecule has 108 valence electrons. The summed E-state index contributed by atoms with van der Waals surface area (Å²) in [6, 6.07) is 5.44. The van der Waals surface area contributed by atoms with Crippen molar-refractivity contribution in [3.63, 3.8) is 0 Å². The summed E-state index contributed by atoms with van der Waals surface area (Å²) >= 11 is 0. The van der Waals surface area contributed by atoms with E-state index in [2.05, 4.69) is 9.71 Å². The summed E-state index contributed by atoms with van der Waals surface area (Å²) in [7, 11) is -3.43. The van der Waals surface area contributed by atoms with Crippen molar-refractivity contribution in [2.45, 2.75) is 31.7 Å². The van der Waals surface area contributed by atoms with Gasteiger partial charge in [0.2, 0.25) is 10.0 Å². The predicted octanol–water partition coefficient (Wildman–Crippen LogP) is 1.87. The molecule has 0 radical (unpaired) electrons. The normalized spacial score (nSPS) is 11.7.